The van der Waals surface area contributed by atoms with Gasteiger partial charge in [0.1, 0.15) is 19.8 Å². The van der Waals surface area contributed by atoms with Gasteiger partial charge < -0.3 is 18.9 Å². The Balaban J connectivity index is 4.41. The van der Waals surface area contributed by atoms with Gasteiger partial charge in [-0.25, -0.2) is 4.57 Å². The predicted molar refractivity (Wildman–Crippen MR) is 206 cm³/mol. The molecule has 0 aromatic rings. The Morgan fingerprint density at radius 2 is 1.04 bits per heavy atom. The van der Waals surface area contributed by atoms with Crippen LogP contribution in [0.3, 0.4) is 0 Å². The smallest absolute Gasteiger partial charge is 0.462 e. The van der Waals surface area contributed by atoms with Crippen molar-refractivity contribution in [2.24, 2.45) is 0 Å². The summed E-state index contributed by atoms with van der Waals surface area (Å²) in [5.41, 5.74) is 0. The first-order valence-electron chi connectivity index (χ1n) is 20.1. The number of nitrogens with zero attached hydrogens (tertiary/aromatic N) is 1. The Bertz CT molecular complexity index is 918. The van der Waals surface area contributed by atoms with E-state index in [1.807, 2.05) is 21.1 Å². The van der Waals surface area contributed by atoms with Gasteiger partial charge in [-0.05, 0) is 57.8 Å². The number of carbonyl (C=O) groups excluding carboxylic acids is 2. The van der Waals surface area contributed by atoms with Gasteiger partial charge in [0.15, 0.2) is 6.10 Å². The summed E-state index contributed by atoms with van der Waals surface area (Å²) in [7, 11) is 1.47. The summed E-state index contributed by atoms with van der Waals surface area (Å²) in [5.74, 6) is -0.820. The Hall–Kier alpha value is -1.51. The second-order valence-electron chi connectivity index (χ2n) is 14.7. The van der Waals surface area contributed by atoms with Gasteiger partial charge in [0, 0.05) is 12.8 Å². The lowest BCUT2D eigenvalue weighted by molar-refractivity contribution is -0.870. The number of allylic oxidation sites excluding steroid dienone is 4. The number of likely N-dealkylation sites (N-methyl/N-ethyl adjacent to an activating group) is 1. The van der Waals surface area contributed by atoms with Crippen molar-refractivity contribution in [1.29, 1.82) is 0 Å². The van der Waals surface area contributed by atoms with E-state index in [4.69, 9.17) is 18.5 Å². The molecule has 0 rings (SSSR count). The molecule has 9 nitrogen and oxygen atoms in total. The van der Waals surface area contributed by atoms with E-state index in [0.29, 0.717) is 17.4 Å². The fourth-order valence-corrected chi connectivity index (χ4v) is 5.96. The van der Waals surface area contributed by atoms with Crippen LogP contribution in [0, 0.1) is 0 Å². The molecular weight excluding hydrogens is 653 g/mol. The molecule has 0 aliphatic heterocycles. The number of carbonyl (C=O) groups is 2. The van der Waals surface area contributed by atoms with Crippen LogP contribution in [0.15, 0.2) is 24.3 Å². The normalized spacial score (nSPS) is 14.0. The van der Waals surface area contributed by atoms with Gasteiger partial charge in [-0.1, -0.05) is 122 Å². The molecule has 50 heavy (non-hydrogen) atoms. The Morgan fingerprint density at radius 1 is 0.600 bits per heavy atom. The van der Waals surface area contributed by atoms with Gasteiger partial charge >= 0.3 is 19.8 Å². The Kier molecular flexibility index (Phi) is 32.3. The van der Waals surface area contributed by atoms with E-state index in [2.05, 4.69) is 38.2 Å². The van der Waals surface area contributed by atoms with Crippen LogP contribution in [-0.4, -0.2) is 74.9 Å². The van der Waals surface area contributed by atoms with E-state index in [1.165, 1.54) is 57.8 Å². The molecule has 0 aromatic carbocycles. The molecule has 2 atom stereocenters. The van der Waals surface area contributed by atoms with Crippen LogP contribution in [0.4, 0.5) is 0 Å². The van der Waals surface area contributed by atoms with Crippen molar-refractivity contribution < 1.29 is 42.1 Å². The highest BCUT2D eigenvalue weighted by Gasteiger charge is 2.27. The molecular formula is C40H77NO8P+. The standard InChI is InChI=1S/C40H76NO8P/c1-6-8-10-12-14-16-18-19-20-21-23-24-26-28-30-32-39(42)46-36-38(37-48-50(44,45)47-35-34-41(3,4)5)49-40(43)33-31-29-27-25-22-17-15-13-11-9-7-2/h13,15,19-20,38H,6-12,14,16-18,21-37H2,1-5H3/p+1/b15-13+,20-19+/t38-/m1/s1. The maximum Gasteiger partial charge on any atom is 0.472 e. The molecule has 0 spiro atoms. The number of esters is 2. The van der Waals surface area contributed by atoms with Crippen molar-refractivity contribution in [1.82, 2.24) is 0 Å². The lowest BCUT2D eigenvalue weighted by atomic mass is 10.1. The van der Waals surface area contributed by atoms with E-state index in [0.717, 1.165) is 77.0 Å². The molecule has 0 fully saturated rings. The molecule has 0 radical (unpaired) electrons. The summed E-state index contributed by atoms with van der Waals surface area (Å²) in [5, 5.41) is 0. The zero-order valence-electron chi connectivity index (χ0n) is 32.9. The van der Waals surface area contributed by atoms with E-state index in [1.54, 1.807) is 0 Å². The summed E-state index contributed by atoms with van der Waals surface area (Å²) in [4.78, 5) is 35.2. The molecule has 0 bridgehead atoms. The molecule has 0 amide bonds. The second-order valence-corrected chi connectivity index (χ2v) is 16.1. The molecule has 0 aromatic heterocycles. The minimum absolute atomic E-state index is 0.0296. The zero-order chi connectivity index (χ0) is 37.2. The number of hydrogen-bond donors (Lipinski definition) is 1. The Morgan fingerprint density at radius 3 is 1.54 bits per heavy atom. The minimum Gasteiger partial charge on any atom is -0.462 e. The molecule has 1 N–H and O–H groups in total. The molecule has 0 saturated carbocycles. The summed E-state index contributed by atoms with van der Waals surface area (Å²) in [6, 6.07) is 0. The van der Waals surface area contributed by atoms with Gasteiger partial charge in [-0.15, -0.1) is 0 Å². The second kappa shape index (κ2) is 33.3. The van der Waals surface area contributed by atoms with Gasteiger partial charge in [-0.2, -0.15) is 0 Å². The summed E-state index contributed by atoms with van der Waals surface area (Å²) >= 11 is 0. The first kappa shape index (κ1) is 48.5. The first-order chi connectivity index (χ1) is 24.0. The monoisotopic (exact) mass is 731 g/mol. The third kappa shape index (κ3) is 36.3. The summed E-state index contributed by atoms with van der Waals surface area (Å²) < 4.78 is 34.1. The third-order valence-electron chi connectivity index (χ3n) is 8.45. The first-order valence-corrected chi connectivity index (χ1v) is 21.6. The number of quaternary nitrogens is 1. The van der Waals surface area contributed by atoms with E-state index in [-0.39, 0.29) is 32.0 Å². The number of hydrogen-bond acceptors (Lipinski definition) is 7. The molecule has 0 saturated heterocycles. The average Bonchev–Trinajstić information content (AvgIpc) is 3.06. The van der Waals surface area contributed by atoms with Crippen LogP contribution >= 0.6 is 7.82 Å². The summed E-state index contributed by atoms with van der Waals surface area (Å²) in [6.07, 6.45) is 33.7. The van der Waals surface area contributed by atoms with Crippen molar-refractivity contribution in [3.63, 3.8) is 0 Å². The van der Waals surface area contributed by atoms with E-state index >= 15 is 0 Å². The average molecular weight is 731 g/mol. The van der Waals surface area contributed by atoms with Crippen LogP contribution in [0.1, 0.15) is 168 Å². The highest BCUT2D eigenvalue weighted by Crippen LogP contribution is 2.43. The number of unbranched alkanes of at least 4 members (excludes halogenated alkanes) is 18. The third-order valence-corrected chi connectivity index (χ3v) is 9.44. The number of rotatable bonds is 36. The van der Waals surface area contributed by atoms with Crippen molar-refractivity contribution in [3.8, 4) is 0 Å². The molecule has 10 heteroatoms. The van der Waals surface area contributed by atoms with Gasteiger partial charge in [0.25, 0.3) is 0 Å². The molecule has 1 unspecified atom stereocenters. The largest absolute Gasteiger partial charge is 0.472 e. The van der Waals surface area contributed by atoms with Crippen LogP contribution < -0.4 is 0 Å². The molecule has 294 valence electrons. The van der Waals surface area contributed by atoms with Crippen LogP contribution in [0.5, 0.6) is 0 Å². The topological polar surface area (TPSA) is 108 Å². The van der Waals surface area contributed by atoms with Gasteiger partial charge in [0.05, 0.1) is 27.7 Å². The maximum atomic E-state index is 12.6. The van der Waals surface area contributed by atoms with Crippen LogP contribution in [-0.2, 0) is 32.7 Å². The van der Waals surface area contributed by atoms with Crippen molar-refractivity contribution in [2.75, 3.05) is 47.5 Å². The fourth-order valence-electron chi connectivity index (χ4n) is 5.22. The van der Waals surface area contributed by atoms with Gasteiger partial charge in [0.2, 0.25) is 0 Å². The zero-order valence-corrected chi connectivity index (χ0v) is 33.8. The lowest BCUT2D eigenvalue weighted by Crippen LogP contribution is -2.37. The molecule has 0 aliphatic rings. The quantitative estimate of drug-likeness (QED) is 0.0223. The SMILES string of the molecule is CCCC/C=C/CCCCCCCC(=O)O[C@H](COC(=O)CCCCCCC/C=C/CCCCCCCC)COP(=O)(O)OCC[N+](C)(C)C. The van der Waals surface area contributed by atoms with Gasteiger partial charge in [-0.3, -0.25) is 18.6 Å². The minimum atomic E-state index is -4.37. The predicted octanol–water partition coefficient (Wildman–Crippen LogP) is 10.8. The Labute approximate surface area is 307 Å². The van der Waals surface area contributed by atoms with Crippen molar-refractivity contribution in [2.45, 2.75) is 174 Å². The number of phosphoric acid groups is 1. The highest BCUT2D eigenvalue weighted by atomic mass is 31.2. The van der Waals surface area contributed by atoms with E-state index in [9.17, 15) is 19.0 Å². The lowest BCUT2D eigenvalue weighted by Gasteiger charge is -2.24. The van der Waals surface area contributed by atoms with Crippen LogP contribution in [0.2, 0.25) is 0 Å². The molecule has 0 aliphatic carbocycles. The fraction of sp³-hybridized carbons (Fsp3) is 0.850. The van der Waals surface area contributed by atoms with E-state index < -0.39 is 26.5 Å². The number of phosphoric ester groups is 1. The number of ether oxygens (including phenoxy) is 2. The summed E-state index contributed by atoms with van der Waals surface area (Å²) in [6.45, 7) is 4.35. The van der Waals surface area contributed by atoms with Crippen molar-refractivity contribution >= 4 is 19.8 Å². The van der Waals surface area contributed by atoms with Crippen LogP contribution in [0.25, 0.3) is 0 Å². The van der Waals surface area contributed by atoms with Crippen molar-refractivity contribution in [3.05, 3.63) is 24.3 Å². The maximum absolute atomic E-state index is 12.6. The highest BCUT2D eigenvalue weighted by molar-refractivity contribution is 7.47. The molecule has 0 heterocycles.